The number of carbonyl (C=O) groups excluding carboxylic acids is 1. The molecule has 1 amide bonds. The molecule has 5 nitrogen and oxygen atoms in total. The zero-order chi connectivity index (χ0) is 12.6. The van der Waals surface area contributed by atoms with Crippen LogP contribution in [0.3, 0.4) is 0 Å². The van der Waals surface area contributed by atoms with Crippen molar-refractivity contribution >= 4 is 33.5 Å². The number of anilines is 1. The third-order valence-electron chi connectivity index (χ3n) is 2.69. The minimum Gasteiger partial charge on any atom is -0.508 e. The largest absolute Gasteiger partial charge is 0.508 e. The molecule has 1 unspecified atom stereocenters. The van der Waals surface area contributed by atoms with Crippen LogP contribution in [0.2, 0.25) is 0 Å². The van der Waals surface area contributed by atoms with E-state index in [1.807, 2.05) is 0 Å². The maximum Gasteiger partial charge on any atom is 0.308 e. The summed E-state index contributed by atoms with van der Waals surface area (Å²) < 4.78 is 0.648. The van der Waals surface area contributed by atoms with Gasteiger partial charge in [0.15, 0.2) is 0 Å². The molecular formula is C11H10BrNO4. The summed E-state index contributed by atoms with van der Waals surface area (Å²) in [5.41, 5.74) is 0.499. The number of aliphatic carboxylic acids is 1. The van der Waals surface area contributed by atoms with Gasteiger partial charge in [0.25, 0.3) is 0 Å². The third-order valence-corrected chi connectivity index (χ3v) is 3.37. The molecule has 17 heavy (non-hydrogen) atoms. The molecule has 1 aromatic rings. The average molecular weight is 300 g/mol. The molecule has 1 aromatic carbocycles. The number of nitrogens with zero attached hydrogens (tertiary/aromatic N) is 1. The Bertz CT molecular complexity index is 488. The minimum absolute atomic E-state index is 0.00255. The van der Waals surface area contributed by atoms with Gasteiger partial charge in [-0.1, -0.05) is 0 Å². The molecule has 90 valence electrons. The Morgan fingerprint density at radius 1 is 1.47 bits per heavy atom. The number of halogens is 1. The van der Waals surface area contributed by atoms with Crippen molar-refractivity contribution in [2.24, 2.45) is 5.92 Å². The summed E-state index contributed by atoms with van der Waals surface area (Å²) >= 11 is 3.27. The number of benzene rings is 1. The first kappa shape index (κ1) is 11.9. The number of phenolic OH excluding ortho intramolecular Hbond substituents is 1. The van der Waals surface area contributed by atoms with E-state index in [4.69, 9.17) is 5.11 Å². The van der Waals surface area contributed by atoms with Crippen LogP contribution >= 0.6 is 15.9 Å². The number of phenols is 1. The fourth-order valence-electron chi connectivity index (χ4n) is 1.81. The van der Waals surface area contributed by atoms with E-state index in [1.54, 1.807) is 6.07 Å². The van der Waals surface area contributed by atoms with E-state index in [0.29, 0.717) is 10.2 Å². The molecule has 0 aliphatic carbocycles. The highest BCUT2D eigenvalue weighted by atomic mass is 79.9. The highest BCUT2D eigenvalue weighted by molar-refractivity contribution is 9.10. The topological polar surface area (TPSA) is 77.8 Å². The van der Waals surface area contributed by atoms with Crippen molar-refractivity contribution in [1.29, 1.82) is 0 Å². The number of carboxylic acids is 1. The van der Waals surface area contributed by atoms with Crippen LogP contribution in [0.4, 0.5) is 5.69 Å². The van der Waals surface area contributed by atoms with Gasteiger partial charge in [-0.05, 0) is 28.1 Å². The monoisotopic (exact) mass is 299 g/mol. The van der Waals surface area contributed by atoms with E-state index in [1.165, 1.54) is 17.0 Å². The minimum atomic E-state index is -0.975. The molecule has 0 bridgehead atoms. The first-order valence-electron chi connectivity index (χ1n) is 5.00. The Labute approximate surface area is 106 Å². The maximum absolute atomic E-state index is 11.7. The Balaban J connectivity index is 2.32. The summed E-state index contributed by atoms with van der Waals surface area (Å²) in [4.78, 5) is 23.9. The lowest BCUT2D eigenvalue weighted by molar-refractivity contribution is -0.141. The van der Waals surface area contributed by atoms with Gasteiger partial charge in [-0.2, -0.15) is 0 Å². The van der Waals surface area contributed by atoms with Crippen molar-refractivity contribution in [2.45, 2.75) is 6.42 Å². The number of hydrogen-bond donors (Lipinski definition) is 2. The molecule has 0 aromatic heterocycles. The first-order valence-corrected chi connectivity index (χ1v) is 5.80. The van der Waals surface area contributed by atoms with Crippen molar-refractivity contribution < 1.29 is 19.8 Å². The molecular weight excluding hydrogens is 290 g/mol. The van der Waals surface area contributed by atoms with Gasteiger partial charge < -0.3 is 15.1 Å². The molecule has 6 heteroatoms. The summed E-state index contributed by atoms with van der Waals surface area (Å²) in [5.74, 6) is -1.87. The fourth-order valence-corrected chi connectivity index (χ4v) is 2.27. The first-order chi connectivity index (χ1) is 7.99. The second kappa shape index (κ2) is 4.37. The second-order valence-corrected chi connectivity index (χ2v) is 4.73. The number of rotatable bonds is 2. The lowest BCUT2D eigenvalue weighted by atomic mass is 10.1. The van der Waals surface area contributed by atoms with E-state index >= 15 is 0 Å². The Morgan fingerprint density at radius 3 is 2.76 bits per heavy atom. The molecule has 1 aliphatic rings. The van der Waals surface area contributed by atoms with Gasteiger partial charge in [-0.15, -0.1) is 0 Å². The van der Waals surface area contributed by atoms with E-state index in [2.05, 4.69) is 15.9 Å². The fraction of sp³-hybridized carbons (Fsp3) is 0.273. The van der Waals surface area contributed by atoms with Crippen LogP contribution in [0.5, 0.6) is 5.75 Å². The molecule has 1 heterocycles. The number of amides is 1. The number of hydrogen-bond acceptors (Lipinski definition) is 3. The van der Waals surface area contributed by atoms with Gasteiger partial charge >= 0.3 is 5.97 Å². The van der Waals surface area contributed by atoms with Gasteiger partial charge in [0.05, 0.1) is 11.6 Å². The summed E-state index contributed by atoms with van der Waals surface area (Å²) in [6.45, 7) is 0.135. The van der Waals surface area contributed by atoms with Crippen LogP contribution in [0.15, 0.2) is 22.7 Å². The van der Waals surface area contributed by atoms with Crippen LogP contribution in [0, 0.1) is 5.92 Å². The quantitative estimate of drug-likeness (QED) is 0.869. The van der Waals surface area contributed by atoms with E-state index in [9.17, 15) is 14.7 Å². The van der Waals surface area contributed by atoms with Crippen molar-refractivity contribution in [3.8, 4) is 5.75 Å². The van der Waals surface area contributed by atoms with Gasteiger partial charge in [0, 0.05) is 23.5 Å². The van der Waals surface area contributed by atoms with Crippen LogP contribution < -0.4 is 4.90 Å². The number of carboxylic acid groups (broad SMARTS) is 1. The third kappa shape index (κ3) is 2.26. The Morgan fingerprint density at radius 2 is 2.18 bits per heavy atom. The maximum atomic E-state index is 11.7. The lowest BCUT2D eigenvalue weighted by Crippen LogP contribution is -2.26. The smallest absolute Gasteiger partial charge is 0.308 e. The predicted octanol–water partition coefficient (Wildman–Crippen LogP) is 1.59. The van der Waals surface area contributed by atoms with Gasteiger partial charge in [0.1, 0.15) is 5.75 Å². The van der Waals surface area contributed by atoms with Crippen LogP contribution in [0.25, 0.3) is 0 Å². The molecule has 0 radical (unpaired) electrons. The van der Waals surface area contributed by atoms with Crippen LogP contribution in [-0.2, 0) is 9.59 Å². The summed E-state index contributed by atoms with van der Waals surface area (Å²) in [6, 6.07) is 4.54. The molecule has 1 atom stereocenters. The van der Waals surface area contributed by atoms with Crippen molar-refractivity contribution in [3.05, 3.63) is 22.7 Å². The van der Waals surface area contributed by atoms with Crippen LogP contribution in [0.1, 0.15) is 6.42 Å². The average Bonchev–Trinajstić information content (AvgIpc) is 2.64. The van der Waals surface area contributed by atoms with Crippen LogP contribution in [-0.4, -0.2) is 28.6 Å². The van der Waals surface area contributed by atoms with Gasteiger partial charge in [-0.3, -0.25) is 9.59 Å². The highest BCUT2D eigenvalue weighted by Crippen LogP contribution is 2.34. The Hall–Kier alpha value is -1.56. The second-order valence-electron chi connectivity index (χ2n) is 3.88. The molecule has 1 saturated heterocycles. The molecule has 1 aliphatic heterocycles. The predicted molar refractivity (Wildman–Crippen MR) is 63.9 cm³/mol. The van der Waals surface area contributed by atoms with E-state index < -0.39 is 11.9 Å². The van der Waals surface area contributed by atoms with Crippen molar-refractivity contribution in [1.82, 2.24) is 0 Å². The molecule has 0 spiro atoms. The summed E-state index contributed by atoms with van der Waals surface area (Å²) in [6.07, 6.45) is -0.00255. The van der Waals surface area contributed by atoms with Gasteiger partial charge in [0.2, 0.25) is 5.91 Å². The normalized spacial score (nSPS) is 19.7. The standard InChI is InChI=1S/C11H10BrNO4/c12-8-2-1-7(14)4-9(8)13-5-6(11(16)17)3-10(13)15/h1-2,4,6,14H,3,5H2,(H,16,17). The lowest BCUT2D eigenvalue weighted by Gasteiger charge is -2.17. The zero-order valence-electron chi connectivity index (χ0n) is 8.76. The number of aromatic hydroxyl groups is 1. The molecule has 0 saturated carbocycles. The molecule has 2 N–H and O–H groups in total. The summed E-state index contributed by atoms with van der Waals surface area (Å²) in [7, 11) is 0. The van der Waals surface area contributed by atoms with Crippen molar-refractivity contribution in [2.75, 3.05) is 11.4 Å². The van der Waals surface area contributed by atoms with E-state index in [0.717, 1.165) is 0 Å². The number of carbonyl (C=O) groups is 2. The summed E-state index contributed by atoms with van der Waals surface area (Å²) in [5, 5.41) is 18.3. The SMILES string of the molecule is O=C(O)C1CC(=O)N(c2cc(O)ccc2Br)C1. The van der Waals surface area contributed by atoms with Gasteiger partial charge in [-0.25, -0.2) is 0 Å². The zero-order valence-corrected chi connectivity index (χ0v) is 10.3. The van der Waals surface area contributed by atoms with Crippen molar-refractivity contribution in [3.63, 3.8) is 0 Å². The highest BCUT2D eigenvalue weighted by Gasteiger charge is 2.35. The molecule has 1 fully saturated rings. The molecule has 2 rings (SSSR count). The Kier molecular flexibility index (Phi) is 3.06. The van der Waals surface area contributed by atoms with E-state index in [-0.39, 0.29) is 24.6 Å².